The van der Waals surface area contributed by atoms with Gasteiger partial charge < -0.3 is 0 Å². The van der Waals surface area contributed by atoms with E-state index < -0.39 is 81.6 Å². The van der Waals surface area contributed by atoms with Gasteiger partial charge >= 0.3 is 208 Å². The quantitative estimate of drug-likeness (QED) is 0.145. The molecule has 0 saturated heterocycles. The Morgan fingerprint density at radius 3 is 1.18 bits per heavy atom. The zero-order chi connectivity index (χ0) is 31.5. The monoisotopic (exact) mass is 736 g/mol. The Labute approximate surface area is 208 Å². The van der Waals surface area contributed by atoms with Crippen molar-refractivity contribution in [3.8, 4) is 0 Å². The standard InChI is InChI=1S/C16H5F20IO2/c17-8(18,19)7(38)39-37(6-4-2-1-3-5-6)16(35,36)14(30,31)12(26,27)10(22,23)9(20,21)11(24,25)13(28,29)15(32,33)34/h1-5H. The molecule has 0 unspecified atom stereocenters. The van der Waals surface area contributed by atoms with Crippen LogP contribution < -0.4 is 0 Å². The molecular weight excluding hydrogens is 731 g/mol. The molecule has 0 bridgehead atoms. The van der Waals surface area contributed by atoms with E-state index in [9.17, 15) is 92.6 Å². The molecule has 0 N–H and O–H groups in total. The Balaban J connectivity index is 3.84. The van der Waals surface area contributed by atoms with Crippen LogP contribution >= 0.6 is 20.2 Å². The molecule has 23 heteroatoms. The fraction of sp³-hybridized carbons (Fsp3) is 0.562. The van der Waals surface area contributed by atoms with Gasteiger partial charge in [0.05, 0.1) is 0 Å². The van der Waals surface area contributed by atoms with E-state index >= 15 is 0 Å². The summed E-state index contributed by atoms with van der Waals surface area (Å²) in [6.07, 6.45) is -14.3. The van der Waals surface area contributed by atoms with Crippen LogP contribution in [-0.4, -0.2) is 57.8 Å². The number of halogens is 21. The van der Waals surface area contributed by atoms with Crippen LogP contribution in [0.2, 0.25) is 0 Å². The molecule has 0 saturated carbocycles. The zero-order valence-corrected chi connectivity index (χ0v) is 19.3. The second-order valence-corrected chi connectivity index (χ2v) is 11.3. The van der Waals surface area contributed by atoms with Crippen LogP contribution in [0.15, 0.2) is 30.3 Å². The van der Waals surface area contributed by atoms with Crippen molar-refractivity contribution < 1.29 is 95.7 Å². The van der Waals surface area contributed by atoms with Gasteiger partial charge in [0, 0.05) is 0 Å². The van der Waals surface area contributed by atoms with Gasteiger partial charge in [-0.15, -0.1) is 0 Å². The summed E-state index contributed by atoms with van der Waals surface area (Å²) in [7, 11) is 0. The van der Waals surface area contributed by atoms with Crippen molar-refractivity contribution in [2.75, 3.05) is 0 Å². The average Bonchev–Trinajstić information content (AvgIpc) is 2.75. The summed E-state index contributed by atoms with van der Waals surface area (Å²) in [4.78, 5) is 10.9. The molecular formula is C16H5F20IO2. The Hall–Kier alpha value is -1.98. The van der Waals surface area contributed by atoms with Gasteiger partial charge in [-0.3, -0.25) is 0 Å². The van der Waals surface area contributed by atoms with Crippen molar-refractivity contribution >= 4 is 26.2 Å². The Morgan fingerprint density at radius 1 is 0.513 bits per heavy atom. The van der Waals surface area contributed by atoms with Gasteiger partial charge in [-0.05, 0) is 0 Å². The third-order valence-electron chi connectivity index (χ3n) is 4.21. The van der Waals surface area contributed by atoms with E-state index in [1.54, 1.807) is 0 Å². The molecule has 0 aliphatic carbocycles. The summed E-state index contributed by atoms with van der Waals surface area (Å²) in [6, 6.07) is 1.89. The fourth-order valence-electron chi connectivity index (χ4n) is 2.13. The number of benzene rings is 1. The summed E-state index contributed by atoms with van der Waals surface area (Å²) < 4.78 is 260. The van der Waals surface area contributed by atoms with Crippen molar-refractivity contribution in [2.45, 2.75) is 51.8 Å². The second kappa shape index (κ2) is 9.83. The van der Waals surface area contributed by atoms with Gasteiger partial charge in [-0.25, -0.2) is 0 Å². The van der Waals surface area contributed by atoms with Crippen molar-refractivity contribution in [3.05, 3.63) is 33.9 Å². The van der Waals surface area contributed by atoms with Crippen LogP contribution in [0.25, 0.3) is 0 Å². The van der Waals surface area contributed by atoms with Crippen molar-refractivity contribution in [2.24, 2.45) is 0 Å². The summed E-state index contributed by atoms with van der Waals surface area (Å²) in [6.45, 7) is 0. The van der Waals surface area contributed by atoms with Crippen molar-refractivity contribution in [1.82, 2.24) is 0 Å². The molecule has 0 atom stereocenters. The Bertz CT molecular complexity index is 1030. The molecule has 0 spiro atoms. The molecule has 1 aromatic carbocycles. The molecule has 0 amide bonds. The number of carbonyl (C=O) groups is 1. The summed E-state index contributed by atoms with van der Waals surface area (Å²) in [5, 5.41) is 0. The maximum absolute atomic E-state index is 14.5. The fourth-order valence-corrected chi connectivity index (χ4v) is 6.11. The van der Waals surface area contributed by atoms with Gasteiger partial charge in [0.1, 0.15) is 0 Å². The van der Waals surface area contributed by atoms with E-state index in [1.165, 1.54) is 0 Å². The molecule has 0 radical (unpaired) electrons. The third kappa shape index (κ3) is 5.26. The van der Waals surface area contributed by atoms with Crippen LogP contribution in [0.5, 0.6) is 0 Å². The van der Waals surface area contributed by atoms with Crippen LogP contribution in [0.1, 0.15) is 0 Å². The zero-order valence-electron chi connectivity index (χ0n) is 17.1. The van der Waals surface area contributed by atoms with Gasteiger partial charge in [-0.1, -0.05) is 0 Å². The SMILES string of the molecule is O=C(OI(c1ccccc1)C(F)(F)C(F)(F)C(F)(F)C(F)(F)C(F)(F)C(F)(F)C(F)(F)C(F)(F)F)C(F)(F)F. The van der Waals surface area contributed by atoms with Crippen LogP contribution in [0.3, 0.4) is 0 Å². The third-order valence-corrected chi connectivity index (χ3v) is 8.81. The Morgan fingerprint density at radius 2 is 0.846 bits per heavy atom. The molecule has 0 aliphatic heterocycles. The number of alkyl halides is 21. The van der Waals surface area contributed by atoms with Crippen LogP contribution in [0, 0.1) is 3.57 Å². The molecule has 0 fully saturated rings. The summed E-state index contributed by atoms with van der Waals surface area (Å²) in [5.41, 5.74) is 0. The van der Waals surface area contributed by atoms with E-state index in [4.69, 9.17) is 0 Å². The van der Waals surface area contributed by atoms with Gasteiger partial charge in [0.25, 0.3) is 0 Å². The minimum atomic E-state index is -8.92. The van der Waals surface area contributed by atoms with Gasteiger partial charge in [0.15, 0.2) is 0 Å². The van der Waals surface area contributed by atoms with Gasteiger partial charge in [-0.2, -0.15) is 0 Å². The Kier molecular flexibility index (Phi) is 8.84. The molecule has 1 aromatic rings. The van der Waals surface area contributed by atoms with E-state index in [0.717, 1.165) is 6.07 Å². The first kappa shape index (κ1) is 35.0. The van der Waals surface area contributed by atoms with Crippen LogP contribution in [0.4, 0.5) is 87.8 Å². The normalized spacial score (nSPS) is 15.7. The van der Waals surface area contributed by atoms with E-state index in [1.807, 2.05) is 0 Å². The minimum absolute atomic E-state index is 0.0709. The molecule has 0 aromatic heterocycles. The molecule has 0 aliphatic rings. The van der Waals surface area contributed by atoms with Crippen LogP contribution in [-0.2, 0) is 7.86 Å². The first-order valence-corrected chi connectivity index (χ1v) is 11.7. The molecule has 228 valence electrons. The maximum atomic E-state index is 14.5. The van der Waals surface area contributed by atoms with Gasteiger partial charge in [0.2, 0.25) is 0 Å². The molecule has 1 rings (SSSR count). The number of hydrogen-bond donors (Lipinski definition) is 0. The second-order valence-electron chi connectivity index (χ2n) is 6.85. The van der Waals surface area contributed by atoms with E-state index in [2.05, 4.69) is 3.07 Å². The van der Waals surface area contributed by atoms with Crippen molar-refractivity contribution in [3.63, 3.8) is 0 Å². The number of rotatable bonds is 9. The number of carbonyl (C=O) groups excluding carboxylic acids is 1. The molecule has 0 heterocycles. The first-order chi connectivity index (χ1) is 16.9. The topological polar surface area (TPSA) is 26.3 Å². The molecule has 2 nitrogen and oxygen atoms in total. The average molecular weight is 736 g/mol. The summed E-state index contributed by atoms with van der Waals surface area (Å²) >= 11 is -6.88. The van der Waals surface area contributed by atoms with E-state index in [-0.39, 0.29) is 12.1 Å². The van der Waals surface area contributed by atoms with Crippen molar-refractivity contribution in [1.29, 1.82) is 0 Å². The van der Waals surface area contributed by atoms with E-state index in [0.29, 0.717) is 12.1 Å². The predicted octanol–water partition coefficient (Wildman–Crippen LogP) is 8.35. The summed E-state index contributed by atoms with van der Waals surface area (Å²) in [5.74, 6) is -55.8. The predicted molar refractivity (Wildman–Crippen MR) is 92.0 cm³/mol. The first-order valence-electron chi connectivity index (χ1n) is 8.63. The number of hydrogen-bond acceptors (Lipinski definition) is 2. The molecule has 39 heavy (non-hydrogen) atoms.